The molecule has 1 N–H and O–H groups in total. The van der Waals surface area contributed by atoms with Gasteiger partial charge in [0.1, 0.15) is 4.90 Å². The Morgan fingerprint density at radius 2 is 1.93 bits per heavy atom. The second-order valence-electron chi connectivity index (χ2n) is 6.40. The van der Waals surface area contributed by atoms with Crippen molar-refractivity contribution in [2.75, 3.05) is 18.8 Å². The molecule has 1 fully saturated rings. The minimum Gasteiger partial charge on any atom is -0.360 e. The van der Waals surface area contributed by atoms with Gasteiger partial charge in [0.15, 0.2) is 5.78 Å². The summed E-state index contributed by atoms with van der Waals surface area (Å²) >= 11 is 1.30. The van der Waals surface area contributed by atoms with Gasteiger partial charge in [0.25, 0.3) is 0 Å². The number of pyridine rings is 1. The Bertz CT molecular complexity index is 1070. The van der Waals surface area contributed by atoms with Crippen LogP contribution in [0.5, 0.6) is 0 Å². The number of nitrogens with one attached hydrogen (secondary N) is 1. The molecule has 0 amide bonds. The van der Waals surface area contributed by atoms with E-state index in [1.165, 1.54) is 22.3 Å². The Morgan fingerprint density at radius 1 is 1.15 bits per heavy atom. The van der Waals surface area contributed by atoms with Gasteiger partial charge in [-0.25, -0.2) is 13.4 Å². The zero-order valence-electron chi connectivity index (χ0n) is 14.6. The van der Waals surface area contributed by atoms with Gasteiger partial charge in [-0.15, -0.1) is 0 Å². The number of ketones is 1. The van der Waals surface area contributed by atoms with Crippen LogP contribution in [0.25, 0.3) is 10.9 Å². The number of aromatic amines is 1. The Morgan fingerprint density at radius 3 is 2.67 bits per heavy atom. The van der Waals surface area contributed by atoms with Crippen molar-refractivity contribution in [3.8, 4) is 0 Å². The van der Waals surface area contributed by atoms with E-state index in [9.17, 15) is 13.2 Å². The van der Waals surface area contributed by atoms with Gasteiger partial charge in [-0.05, 0) is 31.0 Å². The second kappa shape index (κ2) is 7.46. The summed E-state index contributed by atoms with van der Waals surface area (Å²) in [6, 6.07) is 10.9. The van der Waals surface area contributed by atoms with Crippen LogP contribution >= 0.6 is 11.8 Å². The number of H-pyrrole nitrogens is 1. The summed E-state index contributed by atoms with van der Waals surface area (Å²) in [6.07, 6.45) is 4.91. The van der Waals surface area contributed by atoms with Gasteiger partial charge in [-0.2, -0.15) is 4.31 Å². The summed E-state index contributed by atoms with van der Waals surface area (Å²) in [4.78, 5) is 20.1. The lowest BCUT2D eigenvalue weighted by Gasteiger charge is -2.15. The number of hydrogen-bond donors (Lipinski definition) is 1. The number of carbonyl (C=O) groups excluding carboxylic acids is 1. The molecule has 0 bridgehead atoms. The Labute approximate surface area is 162 Å². The second-order valence-corrected chi connectivity index (χ2v) is 9.34. The standard InChI is InChI=1S/C19H19N3O3S2/c23-18(16-12-20-17-6-2-1-5-15(16)17)13-26-19-8-7-14(11-21-19)27(24,25)22-9-3-4-10-22/h1-2,5-8,11-12,20H,3-4,9-10,13H2. The maximum Gasteiger partial charge on any atom is 0.244 e. The van der Waals surface area contributed by atoms with Crippen LogP contribution in [0.4, 0.5) is 0 Å². The molecule has 0 spiro atoms. The smallest absolute Gasteiger partial charge is 0.244 e. The molecule has 8 heteroatoms. The summed E-state index contributed by atoms with van der Waals surface area (Å²) in [5.74, 6) is 0.251. The predicted molar refractivity (Wildman–Crippen MR) is 106 cm³/mol. The minimum atomic E-state index is -3.46. The minimum absolute atomic E-state index is 0.00742. The van der Waals surface area contributed by atoms with Crippen molar-refractivity contribution in [2.45, 2.75) is 22.8 Å². The van der Waals surface area contributed by atoms with E-state index in [0.29, 0.717) is 23.7 Å². The van der Waals surface area contributed by atoms with Crippen molar-refractivity contribution < 1.29 is 13.2 Å². The van der Waals surface area contributed by atoms with Gasteiger partial charge in [0.05, 0.1) is 10.8 Å². The zero-order chi connectivity index (χ0) is 18.9. The molecule has 1 aromatic carbocycles. The summed E-state index contributed by atoms with van der Waals surface area (Å²) < 4.78 is 26.5. The highest BCUT2D eigenvalue weighted by Crippen LogP contribution is 2.24. The van der Waals surface area contributed by atoms with Crippen molar-refractivity contribution in [1.29, 1.82) is 0 Å². The lowest BCUT2D eigenvalue weighted by Crippen LogP contribution is -2.27. The highest BCUT2D eigenvalue weighted by Gasteiger charge is 2.27. The summed E-state index contributed by atoms with van der Waals surface area (Å²) in [7, 11) is -3.46. The molecule has 3 heterocycles. The maximum atomic E-state index is 12.5. The van der Waals surface area contributed by atoms with E-state index in [4.69, 9.17) is 0 Å². The number of benzene rings is 1. The number of thioether (sulfide) groups is 1. The van der Waals surface area contributed by atoms with Gasteiger partial charge >= 0.3 is 0 Å². The number of Topliss-reactive ketones (excluding diaryl/α,β-unsaturated/α-hetero) is 1. The average molecular weight is 402 g/mol. The van der Waals surface area contributed by atoms with Crippen LogP contribution in [0.15, 0.2) is 58.7 Å². The molecule has 1 aliphatic rings. The van der Waals surface area contributed by atoms with Gasteiger partial charge in [-0.1, -0.05) is 30.0 Å². The molecule has 6 nitrogen and oxygen atoms in total. The van der Waals surface area contributed by atoms with Crippen LogP contribution in [0.1, 0.15) is 23.2 Å². The summed E-state index contributed by atoms with van der Waals surface area (Å²) in [5.41, 5.74) is 1.59. The van der Waals surface area contributed by atoms with E-state index in [-0.39, 0.29) is 16.4 Å². The molecule has 0 aliphatic carbocycles. The Balaban J connectivity index is 1.44. The molecule has 2 aromatic heterocycles. The molecule has 1 saturated heterocycles. The van der Waals surface area contributed by atoms with Crippen LogP contribution in [0.2, 0.25) is 0 Å². The first kappa shape index (κ1) is 18.2. The molecular formula is C19H19N3O3S2. The molecule has 3 aromatic rings. The molecule has 27 heavy (non-hydrogen) atoms. The largest absolute Gasteiger partial charge is 0.360 e. The van der Waals surface area contributed by atoms with E-state index in [2.05, 4.69) is 9.97 Å². The highest BCUT2D eigenvalue weighted by molar-refractivity contribution is 7.99. The summed E-state index contributed by atoms with van der Waals surface area (Å²) in [5, 5.41) is 1.53. The topological polar surface area (TPSA) is 83.1 Å². The molecule has 140 valence electrons. The SMILES string of the molecule is O=C(CSc1ccc(S(=O)(=O)N2CCCC2)cn1)c1c[nH]c2ccccc12. The first-order chi connectivity index (χ1) is 13.1. The van der Waals surface area contributed by atoms with Crippen LogP contribution in [0.3, 0.4) is 0 Å². The number of hydrogen-bond acceptors (Lipinski definition) is 5. The van der Waals surface area contributed by atoms with E-state index in [1.54, 1.807) is 18.3 Å². The monoisotopic (exact) mass is 401 g/mol. The molecular weight excluding hydrogens is 382 g/mol. The lowest BCUT2D eigenvalue weighted by atomic mass is 10.1. The molecule has 0 radical (unpaired) electrons. The van der Waals surface area contributed by atoms with Crippen molar-refractivity contribution in [3.63, 3.8) is 0 Å². The van der Waals surface area contributed by atoms with Gasteiger partial charge < -0.3 is 4.98 Å². The van der Waals surface area contributed by atoms with Crippen LogP contribution < -0.4 is 0 Å². The molecule has 0 saturated carbocycles. The number of sulfonamides is 1. The number of para-hydroxylation sites is 1. The van der Waals surface area contributed by atoms with Gasteiger partial charge in [0, 0.05) is 41.9 Å². The molecule has 4 rings (SSSR count). The van der Waals surface area contributed by atoms with Crippen molar-refractivity contribution in [1.82, 2.24) is 14.3 Å². The third-order valence-electron chi connectivity index (χ3n) is 4.65. The van der Waals surface area contributed by atoms with Crippen LogP contribution in [0, 0.1) is 0 Å². The number of carbonyl (C=O) groups is 1. The van der Waals surface area contributed by atoms with Gasteiger partial charge in [-0.3, -0.25) is 4.79 Å². The number of nitrogens with zero attached hydrogens (tertiary/aromatic N) is 2. The fourth-order valence-electron chi connectivity index (χ4n) is 3.20. The average Bonchev–Trinajstić information content (AvgIpc) is 3.36. The van der Waals surface area contributed by atoms with E-state index >= 15 is 0 Å². The van der Waals surface area contributed by atoms with E-state index in [0.717, 1.165) is 23.7 Å². The van der Waals surface area contributed by atoms with Crippen molar-refractivity contribution >= 4 is 38.5 Å². The Kier molecular flexibility index (Phi) is 5.03. The van der Waals surface area contributed by atoms with Crippen LogP contribution in [-0.2, 0) is 10.0 Å². The number of rotatable bonds is 6. The van der Waals surface area contributed by atoms with Crippen molar-refractivity contribution in [3.05, 3.63) is 54.4 Å². The highest BCUT2D eigenvalue weighted by atomic mass is 32.2. The molecule has 0 atom stereocenters. The summed E-state index contributed by atoms with van der Waals surface area (Å²) in [6.45, 7) is 1.13. The third-order valence-corrected chi connectivity index (χ3v) is 7.48. The normalized spacial score (nSPS) is 15.4. The predicted octanol–water partition coefficient (Wildman–Crippen LogP) is 3.32. The number of fused-ring (bicyclic) bond motifs is 1. The number of aromatic nitrogens is 2. The van der Waals surface area contributed by atoms with E-state index in [1.807, 2.05) is 24.3 Å². The quantitative estimate of drug-likeness (QED) is 0.506. The first-order valence-electron chi connectivity index (χ1n) is 8.74. The lowest BCUT2D eigenvalue weighted by molar-refractivity contribution is 0.102. The molecule has 1 aliphatic heterocycles. The first-order valence-corrected chi connectivity index (χ1v) is 11.2. The maximum absolute atomic E-state index is 12.5. The van der Waals surface area contributed by atoms with Crippen molar-refractivity contribution in [2.24, 2.45) is 0 Å². The van der Waals surface area contributed by atoms with Crippen LogP contribution in [-0.4, -0.2) is 47.3 Å². The fraction of sp³-hybridized carbons (Fsp3) is 0.263. The molecule has 0 unspecified atom stereocenters. The third kappa shape index (κ3) is 3.65. The zero-order valence-corrected chi connectivity index (χ0v) is 16.2. The van der Waals surface area contributed by atoms with Gasteiger partial charge in [0.2, 0.25) is 10.0 Å². The Hall–Kier alpha value is -2.16. The fourth-order valence-corrected chi connectivity index (χ4v) is 5.39. The van der Waals surface area contributed by atoms with E-state index < -0.39 is 10.0 Å².